The van der Waals surface area contributed by atoms with Crippen LogP contribution in [0.3, 0.4) is 0 Å². The van der Waals surface area contributed by atoms with E-state index >= 15 is 0 Å². The first-order valence-corrected chi connectivity index (χ1v) is 8.40. The topological polar surface area (TPSA) is 46.9 Å². The molecule has 25 heavy (non-hydrogen) atoms. The predicted octanol–water partition coefficient (Wildman–Crippen LogP) is 4.70. The molecule has 1 aliphatic rings. The standard InChI is InChI=1S/C19H23F2N3O/c1-10-9-19(3,4)12-7-6-8-13(14(10)12)22-18(25)15-11(2)24(5)23-16(15)17(20)21/h6-8,10,17H,9H2,1-5H3,(H,22,25). The number of halogens is 2. The van der Waals surface area contributed by atoms with Crippen LogP contribution < -0.4 is 5.32 Å². The number of fused-ring (bicyclic) bond motifs is 1. The molecule has 0 fully saturated rings. The lowest BCUT2D eigenvalue weighted by atomic mass is 9.86. The summed E-state index contributed by atoms with van der Waals surface area (Å²) in [5, 5.41) is 6.64. The molecular weight excluding hydrogens is 324 g/mol. The van der Waals surface area contributed by atoms with Gasteiger partial charge in [-0.25, -0.2) is 8.78 Å². The van der Waals surface area contributed by atoms with Gasteiger partial charge in [-0.15, -0.1) is 0 Å². The second kappa shape index (κ2) is 5.93. The molecule has 0 saturated carbocycles. The molecule has 2 aromatic rings. The van der Waals surface area contributed by atoms with Gasteiger partial charge in [0.25, 0.3) is 12.3 Å². The lowest BCUT2D eigenvalue weighted by Gasteiger charge is -2.19. The van der Waals surface area contributed by atoms with Crippen LogP contribution in [-0.2, 0) is 12.5 Å². The highest BCUT2D eigenvalue weighted by Gasteiger charge is 2.36. The Morgan fingerprint density at radius 1 is 1.40 bits per heavy atom. The van der Waals surface area contributed by atoms with E-state index in [1.54, 1.807) is 14.0 Å². The van der Waals surface area contributed by atoms with Gasteiger partial charge in [-0.3, -0.25) is 9.48 Å². The smallest absolute Gasteiger partial charge is 0.282 e. The van der Waals surface area contributed by atoms with Gasteiger partial charge in [-0.1, -0.05) is 32.9 Å². The van der Waals surface area contributed by atoms with Gasteiger partial charge in [-0.2, -0.15) is 5.10 Å². The first-order chi connectivity index (χ1) is 11.6. The molecule has 134 valence electrons. The molecule has 1 aliphatic carbocycles. The summed E-state index contributed by atoms with van der Waals surface area (Å²) in [6.45, 7) is 8.11. The second-order valence-corrected chi connectivity index (χ2v) is 7.48. The highest BCUT2D eigenvalue weighted by molar-refractivity contribution is 6.06. The van der Waals surface area contributed by atoms with E-state index in [1.807, 2.05) is 12.1 Å². The molecule has 6 heteroatoms. The normalized spacial score (nSPS) is 18.5. The number of hydrogen-bond acceptors (Lipinski definition) is 2. The minimum absolute atomic E-state index is 0.0356. The third kappa shape index (κ3) is 2.83. The van der Waals surface area contributed by atoms with E-state index in [2.05, 4.69) is 37.3 Å². The van der Waals surface area contributed by atoms with Crippen molar-refractivity contribution in [2.24, 2.45) is 7.05 Å². The Balaban J connectivity index is 2.01. The average molecular weight is 347 g/mol. The van der Waals surface area contributed by atoms with Crippen molar-refractivity contribution in [3.63, 3.8) is 0 Å². The van der Waals surface area contributed by atoms with Gasteiger partial charge in [0.2, 0.25) is 0 Å². The fraction of sp³-hybridized carbons (Fsp3) is 0.474. The van der Waals surface area contributed by atoms with Gasteiger partial charge < -0.3 is 5.32 Å². The SMILES string of the molecule is Cc1c(C(=O)Nc2cccc3c2C(C)CC3(C)C)c(C(F)F)nn1C. The van der Waals surface area contributed by atoms with E-state index in [0.29, 0.717) is 17.3 Å². The Hall–Kier alpha value is -2.24. The van der Waals surface area contributed by atoms with Crippen molar-refractivity contribution in [1.82, 2.24) is 9.78 Å². The number of nitrogens with one attached hydrogen (secondary N) is 1. The van der Waals surface area contributed by atoms with Gasteiger partial charge in [0.1, 0.15) is 5.69 Å². The minimum Gasteiger partial charge on any atom is -0.322 e. The lowest BCUT2D eigenvalue weighted by molar-refractivity contribution is 0.101. The van der Waals surface area contributed by atoms with Gasteiger partial charge in [0, 0.05) is 18.4 Å². The molecule has 3 rings (SSSR count). The van der Waals surface area contributed by atoms with E-state index in [1.165, 1.54) is 10.2 Å². The van der Waals surface area contributed by atoms with Crippen LogP contribution in [0.2, 0.25) is 0 Å². The first-order valence-electron chi connectivity index (χ1n) is 8.40. The van der Waals surface area contributed by atoms with Gasteiger partial charge in [0.15, 0.2) is 0 Å². The first kappa shape index (κ1) is 17.6. The maximum Gasteiger partial charge on any atom is 0.282 e. The Labute approximate surface area is 146 Å². The Morgan fingerprint density at radius 3 is 2.72 bits per heavy atom. The van der Waals surface area contributed by atoms with Crippen LogP contribution in [0.5, 0.6) is 0 Å². The Bertz CT molecular complexity index is 839. The molecular formula is C19H23F2N3O. The van der Waals surface area contributed by atoms with Crippen LogP contribution in [0.25, 0.3) is 0 Å². The summed E-state index contributed by atoms with van der Waals surface area (Å²) in [4.78, 5) is 12.7. The Kier molecular flexibility index (Phi) is 4.17. The highest BCUT2D eigenvalue weighted by Crippen LogP contribution is 2.48. The second-order valence-electron chi connectivity index (χ2n) is 7.48. The van der Waals surface area contributed by atoms with Crippen molar-refractivity contribution in [2.75, 3.05) is 5.32 Å². The molecule has 0 bridgehead atoms. The molecule has 1 unspecified atom stereocenters. The maximum absolute atomic E-state index is 13.2. The molecule has 0 spiro atoms. The third-order valence-corrected chi connectivity index (χ3v) is 5.19. The molecule has 1 aromatic heterocycles. The molecule has 1 atom stereocenters. The molecule has 1 amide bonds. The number of carbonyl (C=O) groups excluding carboxylic acids is 1. The number of alkyl halides is 2. The Morgan fingerprint density at radius 2 is 2.08 bits per heavy atom. The van der Waals surface area contributed by atoms with Gasteiger partial charge in [0.05, 0.1) is 5.56 Å². The number of nitrogens with zero attached hydrogens (tertiary/aromatic N) is 2. The van der Waals surface area contributed by atoms with Crippen molar-refractivity contribution in [2.45, 2.75) is 51.9 Å². The van der Waals surface area contributed by atoms with Crippen LogP contribution in [0, 0.1) is 6.92 Å². The summed E-state index contributed by atoms with van der Waals surface area (Å²) in [5.41, 5.74) is 2.94. The fourth-order valence-corrected chi connectivity index (χ4v) is 4.02. The van der Waals surface area contributed by atoms with E-state index in [9.17, 15) is 13.6 Å². The average Bonchev–Trinajstić information content (AvgIpc) is 2.94. The quantitative estimate of drug-likeness (QED) is 0.874. The number of rotatable bonds is 3. The van der Waals surface area contributed by atoms with Crippen molar-refractivity contribution in [1.29, 1.82) is 0 Å². The summed E-state index contributed by atoms with van der Waals surface area (Å²) in [6.07, 6.45) is -1.80. The van der Waals surface area contributed by atoms with Gasteiger partial charge in [-0.05, 0) is 41.9 Å². The number of amides is 1. The molecule has 4 nitrogen and oxygen atoms in total. The number of benzene rings is 1. The summed E-state index contributed by atoms with van der Waals surface area (Å²) >= 11 is 0. The number of aromatic nitrogens is 2. The summed E-state index contributed by atoms with van der Waals surface area (Å²) in [7, 11) is 1.56. The highest BCUT2D eigenvalue weighted by atomic mass is 19.3. The molecule has 1 N–H and O–H groups in total. The third-order valence-electron chi connectivity index (χ3n) is 5.19. The number of anilines is 1. The zero-order chi connectivity index (χ0) is 18.5. The predicted molar refractivity (Wildman–Crippen MR) is 93.4 cm³/mol. The van der Waals surface area contributed by atoms with Crippen LogP contribution in [0.4, 0.5) is 14.5 Å². The summed E-state index contributed by atoms with van der Waals surface area (Å²) in [5.74, 6) is -0.239. The lowest BCUT2D eigenvalue weighted by Crippen LogP contribution is -2.17. The van der Waals surface area contributed by atoms with Crippen molar-refractivity contribution >= 4 is 11.6 Å². The van der Waals surface area contributed by atoms with E-state index in [0.717, 1.165) is 12.0 Å². The molecule has 0 radical (unpaired) electrons. The largest absolute Gasteiger partial charge is 0.322 e. The zero-order valence-electron chi connectivity index (χ0n) is 15.2. The maximum atomic E-state index is 13.2. The van der Waals surface area contributed by atoms with Crippen LogP contribution in [0.15, 0.2) is 18.2 Å². The zero-order valence-corrected chi connectivity index (χ0v) is 15.2. The number of hydrogen-bond donors (Lipinski definition) is 1. The minimum atomic E-state index is -2.79. The van der Waals surface area contributed by atoms with Crippen LogP contribution in [-0.4, -0.2) is 15.7 Å². The van der Waals surface area contributed by atoms with Crippen molar-refractivity contribution in [3.8, 4) is 0 Å². The van der Waals surface area contributed by atoms with E-state index < -0.39 is 18.0 Å². The van der Waals surface area contributed by atoms with Crippen molar-refractivity contribution in [3.05, 3.63) is 46.3 Å². The molecule has 0 aliphatic heterocycles. The molecule has 0 saturated heterocycles. The van der Waals surface area contributed by atoms with Crippen LogP contribution in [0.1, 0.15) is 72.4 Å². The van der Waals surface area contributed by atoms with E-state index in [4.69, 9.17) is 0 Å². The number of aryl methyl sites for hydroxylation is 1. The fourth-order valence-electron chi connectivity index (χ4n) is 4.02. The van der Waals surface area contributed by atoms with E-state index in [-0.39, 0.29) is 11.0 Å². The monoisotopic (exact) mass is 347 g/mol. The molecule has 1 aromatic carbocycles. The van der Waals surface area contributed by atoms with Crippen molar-refractivity contribution < 1.29 is 13.6 Å². The van der Waals surface area contributed by atoms with Gasteiger partial charge >= 0.3 is 0 Å². The molecule has 1 heterocycles. The number of carbonyl (C=O) groups is 1. The summed E-state index contributed by atoms with van der Waals surface area (Å²) < 4.78 is 27.8. The van der Waals surface area contributed by atoms with Crippen LogP contribution >= 0.6 is 0 Å². The summed E-state index contributed by atoms with van der Waals surface area (Å²) in [6, 6.07) is 5.81.